The Morgan fingerprint density at radius 1 is 1.24 bits per heavy atom. The number of halogens is 1. The van der Waals surface area contributed by atoms with Gasteiger partial charge in [-0.2, -0.15) is 0 Å². The van der Waals surface area contributed by atoms with Crippen molar-refractivity contribution in [2.75, 3.05) is 18.8 Å². The van der Waals surface area contributed by atoms with Crippen LogP contribution < -0.4 is 5.73 Å². The first-order valence-electron chi connectivity index (χ1n) is 6.83. The second-order valence-corrected chi connectivity index (χ2v) is 5.38. The molecule has 5 nitrogen and oxygen atoms in total. The van der Waals surface area contributed by atoms with Crippen molar-refractivity contribution >= 4 is 23.3 Å². The Hall–Kier alpha value is -2.14. The minimum atomic E-state index is -0.161. The van der Waals surface area contributed by atoms with Gasteiger partial charge in [-0.25, -0.2) is 9.97 Å². The molecule has 0 atom stereocenters. The minimum absolute atomic E-state index is 0.155. The molecule has 1 aliphatic heterocycles. The second-order valence-electron chi connectivity index (χ2n) is 4.97. The molecule has 2 N–H and O–H groups in total. The van der Waals surface area contributed by atoms with Crippen LogP contribution in [0.2, 0.25) is 5.02 Å². The maximum Gasteiger partial charge on any atom is 0.276 e. The molecule has 6 heteroatoms. The number of carbonyl (C=O) groups is 1. The van der Waals surface area contributed by atoms with Crippen LogP contribution in [-0.4, -0.2) is 33.9 Å². The first-order chi connectivity index (χ1) is 10.2. The Balaban J connectivity index is 2.00. The number of nitrogen functional groups attached to an aromatic ring is 1. The van der Waals surface area contributed by atoms with E-state index in [1.54, 1.807) is 11.0 Å². The van der Waals surface area contributed by atoms with Crippen LogP contribution in [0.3, 0.4) is 0 Å². The molecule has 0 spiro atoms. The summed E-state index contributed by atoms with van der Waals surface area (Å²) in [4.78, 5) is 22.7. The standard InChI is InChI=1S/C15H15ClN4O/c16-11-6-2-1-5-10(11)12-9-18-14(17)13(19-12)15(21)20-7-3-4-8-20/h1-2,5-6,9H,3-4,7-8H2,(H2,17,18). The third-order valence-corrected chi connectivity index (χ3v) is 3.88. The molecule has 0 bridgehead atoms. The highest BCUT2D eigenvalue weighted by atomic mass is 35.5. The Kier molecular flexibility index (Phi) is 3.75. The van der Waals surface area contributed by atoms with Crippen molar-refractivity contribution < 1.29 is 4.79 Å². The van der Waals surface area contributed by atoms with E-state index in [2.05, 4.69) is 9.97 Å². The van der Waals surface area contributed by atoms with Gasteiger partial charge in [-0.05, 0) is 18.9 Å². The van der Waals surface area contributed by atoms with Crippen molar-refractivity contribution in [2.45, 2.75) is 12.8 Å². The smallest absolute Gasteiger partial charge is 0.276 e. The van der Waals surface area contributed by atoms with E-state index in [0.29, 0.717) is 10.7 Å². The van der Waals surface area contributed by atoms with Crippen molar-refractivity contribution in [3.63, 3.8) is 0 Å². The number of benzene rings is 1. The number of nitrogens with two attached hydrogens (primary N) is 1. The third-order valence-electron chi connectivity index (χ3n) is 3.55. The summed E-state index contributed by atoms with van der Waals surface area (Å²) in [5.41, 5.74) is 7.31. The largest absolute Gasteiger partial charge is 0.382 e. The minimum Gasteiger partial charge on any atom is -0.382 e. The van der Waals surface area contributed by atoms with Crippen molar-refractivity contribution in [3.05, 3.63) is 41.2 Å². The van der Waals surface area contributed by atoms with Crippen LogP contribution in [0.25, 0.3) is 11.3 Å². The summed E-state index contributed by atoms with van der Waals surface area (Å²) in [6, 6.07) is 7.32. The molecule has 1 aromatic carbocycles. The van der Waals surface area contributed by atoms with Crippen molar-refractivity contribution in [2.24, 2.45) is 0 Å². The van der Waals surface area contributed by atoms with Gasteiger partial charge < -0.3 is 10.6 Å². The number of aromatic nitrogens is 2. The molecular weight excluding hydrogens is 288 g/mol. The zero-order chi connectivity index (χ0) is 14.8. The van der Waals surface area contributed by atoms with Gasteiger partial charge in [0.2, 0.25) is 0 Å². The molecule has 0 radical (unpaired) electrons. The molecule has 1 aliphatic rings. The maximum atomic E-state index is 12.4. The molecule has 2 aromatic rings. The first kappa shape index (κ1) is 13.8. The summed E-state index contributed by atoms with van der Waals surface area (Å²) in [5.74, 6) is -0.00546. The van der Waals surface area contributed by atoms with E-state index in [4.69, 9.17) is 17.3 Å². The quantitative estimate of drug-likeness (QED) is 0.925. The summed E-state index contributed by atoms with van der Waals surface area (Å²) in [7, 11) is 0. The van der Waals surface area contributed by atoms with Crippen LogP contribution in [0.1, 0.15) is 23.3 Å². The van der Waals surface area contributed by atoms with Crippen molar-refractivity contribution in [3.8, 4) is 11.3 Å². The molecule has 1 saturated heterocycles. The average molecular weight is 303 g/mol. The number of amides is 1. The highest BCUT2D eigenvalue weighted by molar-refractivity contribution is 6.33. The van der Waals surface area contributed by atoms with Gasteiger partial charge in [0.1, 0.15) is 0 Å². The maximum absolute atomic E-state index is 12.4. The fraction of sp³-hybridized carbons (Fsp3) is 0.267. The van der Waals surface area contributed by atoms with E-state index in [1.807, 2.05) is 18.2 Å². The number of hydrogen-bond acceptors (Lipinski definition) is 4. The molecule has 0 saturated carbocycles. The molecule has 1 fully saturated rings. The van der Waals surface area contributed by atoms with Crippen LogP contribution in [0.4, 0.5) is 5.82 Å². The van der Waals surface area contributed by atoms with Crippen LogP contribution in [-0.2, 0) is 0 Å². The van der Waals surface area contributed by atoms with E-state index in [1.165, 1.54) is 6.20 Å². The van der Waals surface area contributed by atoms with Crippen molar-refractivity contribution in [1.29, 1.82) is 0 Å². The highest BCUT2D eigenvalue weighted by Gasteiger charge is 2.24. The number of likely N-dealkylation sites (tertiary alicyclic amines) is 1. The Morgan fingerprint density at radius 3 is 2.67 bits per heavy atom. The van der Waals surface area contributed by atoms with Gasteiger partial charge in [-0.1, -0.05) is 29.8 Å². The highest BCUT2D eigenvalue weighted by Crippen LogP contribution is 2.26. The average Bonchev–Trinajstić information content (AvgIpc) is 3.02. The fourth-order valence-electron chi connectivity index (χ4n) is 2.42. The molecule has 108 valence electrons. The summed E-state index contributed by atoms with van der Waals surface area (Å²) in [6.45, 7) is 1.49. The predicted molar refractivity (Wildman–Crippen MR) is 82.0 cm³/mol. The number of anilines is 1. The van der Waals surface area contributed by atoms with E-state index >= 15 is 0 Å². The Morgan fingerprint density at radius 2 is 1.95 bits per heavy atom. The number of hydrogen-bond donors (Lipinski definition) is 1. The van der Waals surface area contributed by atoms with Gasteiger partial charge in [0.15, 0.2) is 11.5 Å². The van der Waals surface area contributed by atoms with Crippen LogP contribution in [0, 0.1) is 0 Å². The molecule has 0 aliphatic carbocycles. The van der Waals surface area contributed by atoms with Gasteiger partial charge in [0.25, 0.3) is 5.91 Å². The lowest BCUT2D eigenvalue weighted by Gasteiger charge is -2.16. The van der Waals surface area contributed by atoms with E-state index in [-0.39, 0.29) is 17.4 Å². The molecule has 3 rings (SSSR count). The van der Waals surface area contributed by atoms with Gasteiger partial charge >= 0.3 is 0 Å². The van der Waals surface area contributed by atoms with Crippen LogP contribution >= 0.6 is 11.6 Å². The zero-order valence-electron chi connectivity index (χ0n) is 11.4. The third kappa shape index (κ3) is 2.69. The van der Waals surface area contributed by atoms with E-state index in [0.717, 1.165) is 31.5 Å². The molecule has 21 heavy (non-hydrogen) atoms. The SMILES string of the molecule is Nc1ncc(-c2ccccc2Cl)nc1C(=O)N1CCCC1. The fourth-order valence-corrected chi connectivity index (χ4v) is 2.66. The van der Waals surface area contributed by atoms with Gasteiger partial charge in [-0.15, -0.1) is 0 Å². The van der Waals surface area contributed by atoms with Crippen molar-refractivity contribution in [1.82, 2.24) is 14.9 Å². The number of carbonyl (C=O) groups excluding carboxylic acids is 1. The summed E-state index contributed by atoms with van der Waals surface area (Å²) < 4.78 is 0. The molecule has 0 unspecified atom stereocenters. The van der Waals surface area contributed by atoms with E-state index in [9.17, 15) is 4.79 Å². The number of nitrogens with zero attached hydrogens (tertiary/aromatic N) is 3. The van der Waals surface area contributed by atoms with Gasteiger partial charge in [0, 0.05) is 18.7 Å². The summed E-state index contributed by atoms with van der Waals surface area (Å²) in [5, 5.41) is 0.566. The van der Waals surface area contributed by atoms with Gasteiger partial charge in [0.05, 0.1) is 16.9 Å². The molecule has 2 heterocycles. The molecule has 1 amide bonds. The first-order valence-corrected chi connectivity index (χ1v) is 7.21. The van der Waals surface area contributed by atoms with Gasteiger partial charge in [-0.3, -0.25) is 4.79 Å². The normalized spacial score (nSPS) is 14.4. The molecule has 1 aromatic heterocycles. The van der Waals surface area contributed by atoms with E-state index < -0.39 is 0 Å². The monoisotopic (exact) mass is 302 g/mol. The lowest BCUT2D eigenvalue weighted by atomic mass is 10.1. The Labute approximate surface area is 127 Å². The molecular formula is C15H15ClN4O. The van der Waals surface area contributed by atoms with Crippen LogP contribution in [0.15, 0.2) is 30.5 Å². The van der Waals surface area contributed by atoms with Crippen LogP contribution in [0.5, 0.6) is 0 Å². The topological polar surface area (TPSA) is 72.1 Å². The zero-order valence-corrected chi connectivity index (χ0v) is 12.2. The predicted octanol–water partition coefficient (Wildman–Crippen LogP) is 2.62. The summed E-state index contributed by atoms with van der Waals surface area (Å²) in [6.07, 6.45) is 3.57. The lowest BCUT2D eigenvalue weighted by molar-refractivity contribution is 0.0788. The number of rotatable bonds is 2. The summed E-state index contributed by atoms with van der Waals surface area (Å²) >= 11 is 6.16. The Bertz CT molecular complexity index is 683. The second kappa shape index (κ2) is 5.69. The lowest BCUT2D eigenvalue weighted by Crippen LogP contribution is -2.29.